The molecule has 0 aromatic heterocycles. The second-order valence-electron chi connectivity index (χ2n) is 3.74. The summed E-state index contributed by atoms with van der Waals surface area (Å²) in [5, 5.41) is 8.56. The number of hydrogen-bond donors (Lipinski definition) is 2. The van der Waals surface area contributed by atoms with Gasteiger partial charge < -0.3 is 4.74 Å². The topological polar surface area (TPSA) is 58.6 Å². The molecule has 0 bridgehead atoms. The van der Waals surface area contributed by atoms with Crippen LogP contribution in [-0.2, 0) is 6.61 Å². The van der Waals surface area contributed by atoms with Crippen LogP contribution in [0.2, 0.25) is 0 Å². The zero-order valence-corrected chi connectivity index (χ0v) is 9.67. The molecule has 0 radical (unpaired) electrons. The SMILES string of the molecule is O=C(NO)c1cccc(COc2ccccc2)c1. The third-order valence-corrected chi connectivity index (χ3v) is 2.44. The molecule has 92 valence electrons. The lowest BCUT2D eigenvalue weighted by atomic mass is 10.1. The fourth-order valence-electron chi connectivity index (χ4n) is 1.55. The number of hydroxylamine groups is 1. The van der Waals surface area contributed by atoms with Gasteiger partial charge in [-0.1, -0.05) is 30.3 Å². The summed E-state index contributed by atoms with van der Waals surface area (Å²) in [5.41, 5.74) is 2.86. The third-order valence-electron chi connectivity index (χ3n) is 2.44. The summed E-state index contributed by atoms with van der Waals surface area (Å²) < 4.78 is 5.57. The van der Waals surface area contributed by atoms with Crippen molar-refractivity contribution < 1.29 is 14.7 Å². The molecule has 0 aliphatic carbocycles. The molecule has 2 N–H and O–H groups in total. The Bertz CT molecular complexity index is 526. The lowest BCUT2D eigenvalue weighted by molar-refractivity contribution is 0.0706. The van der Waals surface area contributed by atoms with Gasteiger partial charge in [-0.3, -0.25) is 10.0 Å². The number of hydrogen-bond acceptors (Lipinski definition) is 3. The number of amides is 1. The molecule has 4 nitrogen and oxygen atoms in total. The summed E-state index contributed by atoms with van der Waals surface area (Å²) in [5.74, 6) is 0.242. The molecular weight excluding hydrogens is 230 g/mol. The van der Waals surface area contributed by atoms with Crippen molar-refractivity contribution in [3.63, 3.8) is 0 Å². The highest BCUT2D eigenvalue weighted by Gasteiger charge is 2.04. The van der Waals surface area contributed by atoms with Crippen molar-refractivity contribution in [2.75, 3.05) is 0 Å². The van der Waals surface area contributed by atoms with Crippen LogP contribution in [0.15, 0.2) is 54.6 Å². The summed E-state index contributed by atoms with van der Waals surface area (Å²) in [6, 6.07) is 16.3. The van der Waals surface area contributed by atoms with E-state index >= 15 is 0 Å². The Kier molecular flexibility index (Phi) is 3.94. The quantitative estimate of drug-likeness (QED) is 0.640. The molecule has 0 spiro atoms. The average molecular weight is 243 g/mol. The molecule has 18 heavy (non-hydrogen) atoms. The van der Waals surface area contributed by atoms with E-state index in [-0.39, 0.29) is 0 Å². The van der Waals surface area contributed by atoms with E-state index in [2.05, 4.69) is 0 Å². The summed E-state index contributed by atoms with van der Waals surface area (Å²) >= 11 is 0. The Hall–Kier alpha value is -2.33. The van der Waals surface area contributed by atoms with Gasteiger partial charge in [0.25, 0.3) is 5.91 Å². The maximum Gasteiger partial charge on any atom is 0.274 e. The van der Waals surface area contributed by atoms with Gasteiger partial charge in [0.1, 0.15) is 12.4 Å². The van der Waals surface area contributed by atoms with Gasteiger partial charge in [0.05, 0.1) is 0 Å². The molecule has 0 fully saturated rings. The highest BCUT2D eigenvalue weighted by atomic mass is 16.5. The first-order chi connectivity index (χ1) is 8.79. The maximum absolute atomic E-state index is 11.2. The van der Waals surface area contributed by atoms with Gasteiger partial charge in [-0.25, -0.2) is 5.48 Å². The van der Waals surface area contributed by atoms with Crippen molar-refractivity contribution >= 4 is 5.91 Å². The molecule has 2 aromatic rings. The van der Waals surface area contributed by atoms with E-state index in [1.165, 1.54) is 0 Å². The van der Waals surface area contributed by atoms with E-state index in [0.29, 0.717) is 12.2 Å². The van der Waals surface area contributed by atoms with E-state index in [1.54, 1.807) is 23.7 Å². The Morgan fingerprint density at radius 1 is 1.11 bits per heavy atom. The fraction of sp³-hybridized carbons (Fsp3) is 0.0714. The van der Waals surface area contributed by atoms with E-state index < -0.39 is 5.91 Å². The van der Waals surface area contributed by atoms with Gasteiger partial charge in [-0.05, 0) is 29.8 Å². The van der Waals surface area contributed by atoms with Gasteiger partial charge in [-0.2, -0.15) is 0 Å². The minimum atomic E-state index is -0.531. The summed E-state index contributed by atoms with van der Waals surface area (Å²) in [6.07, 6.45) is 0. The van der Waals surface area contributed by atoms with Crippen LogP contribution in [0.5, 0.6) is 5.75 Å². The molecule has 2 rings (SSSR count). The number of rotatable bonds is 4. The number of para-hydroxylation sites is 1. The second kappa shape index (κ2) is 5.84. The summed E-state index contributed by atoms with van der Waals surface area (Å²) in [4.78, 5) is 11.2. The van der Waals surface area contributed by atoms with Crippen LogP contribution < -0.4 is 10.2 Å². The van der Waals surface area contributed by atoms with Crippen LogP contribution in [0.4, 0.5) is 0 Å². The molecule has 2 aromatic carbocycles. The number of benzene rings is 2. The van der Waals surface area contributed by atoms with Crippen molar-refractivity contribution in [1.82, 2.24) is 5.48 Å². The van der Waals surface area contributed by atoms with E-state index in [1.807, 2.05) is 36.4 Å². The Labute approximate surface area is 105 Å². The highest BCUT2D eigenvalue weighted by molar-refractivity contribution is 5.93. The molecule has 0 atom stereocenters. The van der Waals surface area contributed by atoms with Gasteiger partial charge in [0.2, 0.25) is 0 Å². The maximum atomic E-state index is 11.2. The first kappa shape index (κ1) is 12.1. The summed E-state index contributed by atoms with van der Waals surface area (Å²) in [7, 11) is 0. The van der Waals surface area contributed by atoms with Crippen LogP contribution in [0.25, 0.3) is 0 Å². The number of ether oxygens (including phenoxy) is 1. The van der Waals surface area contributed by atoms with Gasteiger partial charge >= 0.3 is 0 Å². The van der Waals surface area contributed by atoms with Crippen LogP contribution in [-0.4, -0.2) is 11.1 Å². The van der Waals surface area contributed by atoms with Crippen molar-refractivity contribution in [3.05, 3.63) is 65.7 Å². The molecular formula is C14H13NO3. The first-order valence-electron chi connectivity index (χ1n) is 5.51. The van der Waals surface area contributed by atoms with E-state index in [9.17, 15) is 4.79 Å². The van der Waals surface area contributed by atoms with Crippen LogP contribution in [0.1, 0.15) is 15.9 Å². The monoisotopic (exact) mass is 243 g/mol. The van der Waals surface area contributed by atoms with Crippen molar-refractivity contribution in [1.29, 1.82) is 0 Å². The van der Waals surface area contributed by atoms with Crippen LogP contribution >= 0.6 is 0 Å². The van der Waals surface area contributed by atoms with E-state index in [0.717, 1.165) is 11.3 Å². The zero-order valence-electron chi connectivity index (χ0n) is 9.67. The molecule has 0 saturated heterocycles. The Morgan fingerprint density at radius 3 is 2.61 bits per heavy atom. The first-order valence-corrected chi connectivity index (χ1v) is 5.51. The third kappa shape index (κ3) is 3.09. The molecule has 0 aliphatic heterocycles. The normalized spacial score (nSPS) is 9.83. The number of carbonyl (C=O) groups is 1. The van der Waals surface area contributed by atoms with E-state index in [4.69, 9.17) is 9.94 Å². The molecule has 4 heteroatoms. The van der Waals surface area contributed by atoms with Gasteiger partial charge in [0, 0.05) is 5.56 Å². The highest BCUT2D eigenvalue weighted by Crippen LogP contribution is 2.12. The lowest BCUT2D eigenvalue weighted by Crippen LogP contribution is -2.18. The summed E-state index contributed by atoms with van der Waals surface area (Å²) in [6.45, 7) is 0.372. The molecule has 0 aliphatic rings. The van der Waals surface area contributed by atoms with Gasteiger partial charge in [0.15, 0.2) is 0 Å². The zero-order chi connectivity index (χ0) is 12.8. The fourth-order valence-corrected chi connectivity index (χ4v) is 1.55. The lowest BCUT2D eigenvalue weighted by Gasteiger charge is -2.07. The molecule has 0 saturated carbocycles. The standard InChI is InChI=1S/C14H13NO3/c16-14(15-17)12-6-4-5-11(9-12)10-18-13-7-2-1-3-8-13/h1-9,17H,10H2,(H,15,16). The second-order valence-corrected chi connectivity index (χ2v) is 3.74. The number of nitrogens with one attached hydrogen (secondary N) is 1. The predicted molar refractivity (Wildman–Crippen MR) is 66.5 cm³/mol. The minimum Gasteiger partial charge on any atom is -0.489 e. The number of carbonyl (C=O) groups excluding carboxylic acids is 1. The van der Waals surface area contributed by atoms with Gasteiger partial charge in [-0.15, -0.1) is 0 Å². The predicted octanol–water partition coefficient (Wildman–Crippen LogP) is 2.38. The smallest absolute Gasteiger partial charge is 0.274 e. The van der Waals surface area contributed by atoms with Crippen LogP contribution in [0.3, 0.4) is 0 Å². The molecule has 1 amide bonds. The van der Waals surface area contributed by atoms with Crippen molar-refractivity contribution in [2.45, 2.75) is 6.61 Å². The van der Waals surface area contributed by atoms with Crippen molar-refractivity contribution in [3.8, 4) is 5.75 Å². The Balaban J connectivity index is 2.04. The minimum absolute atomic E-state index is 0.372. The van der Waals surface area contributed by atoms with Crippen LogP contribution in [0, 0.1) is 0 Å². The van der Waals surface area contributed by atoms with Crippen molar-refractivity contribution in [2.24, 2.45) is 0 Å². The average Bonchev–Trinajstić information content (AvgIpc) is 2.45. The largest absolute Gasteiger partial charge is 0.489 e. The Morgan fingerprint density at radius 2 is 1.89 bits per heavy atom. The molecule has 0 heterocycles. The molecule has 0 unspecified atom stereocenters.